The predicted molar refractivity (Wildman–Crippen MR) is 581 cm³/mol. The summed E-state index contributed by atoms with van der Waals surface area (Å²) in [4.78, 5) is 0. The van der Waals surface area contributed by atoms with Gasteiger partial charge in [0.25, 0.3) is 0 Å². The van der Waals surface area contributed by atoms with Crippen LogP contribution < -0.4 is 0 Å². The molecule has 0 atom stereocenters. The molecule has 135 heavy (non-hydrogen) atoms. The molecule has 0 fully saturated rings. The van der Waals surface area contributed by atoms with Crippen LogP contribution in [0.25, 0.3) is 267 Å². The molecule has 0 bridgehead atoms. The molecule has 0 aliphatic rings. The number of benzene rings is 26. The van der Waals surface area contributed by atoms with Crippen LogP contribution in [0.3, 0.4) is 0 Å². The fraction of sp³-hybridized carbons (Fsp3) is 0.0152. The molecule has 0 unspecified atom stereocenters. The summed E-state index contributed by atoms with van der Waals surface area (Å²) >= 11 is 0. The lowest BCUT2D eigenvalue weighted by Gasteiger charge is -2.20. The van der Waals surface area contributed by atoms with Crippen molar-refractivity contribution >= 4 is 205 Å². The highest BCUT2D eigenvalue weighted by Crippen LogP contribution is 2.51. The topological polar surface area (TPSA) is 14.8 Å². The van der Waals surface area contributed by atoms with E-state index in [1.54, 1.807) is 0 Å². The lowest BCUT2D eigenvalue weighted by atomic mass is 9.89. The average molecular weight is 1710 g/mol. The quantitative estimate of drug-likeness (QED) is 0.141. The maximum atomic E-state index is 2.59. The third-order valence-corrected chi connectivity index (χ3v) is 29.2. The zero-order valence-corrected chi connectivity index (χ0v) is 74.5. The number of nitrogens with zero attached hydrogens (tertiary/aromatic N) is 3. The van der Waals surface area contributed by atoms with Crippen molar-refractivity contribution in [1.82, 2.24) is 13.7 Å². The molecule has 628 valence electrons. The number of rotatable bonds is 7. The van der Waals surface area contributed by atoms with Gasteiger partial charge in [-0.2, -0.15) is 0 Å². The fourth-order valence-electron chi connectivity index (χ4n) is 23.1. The Morgan fingerprint density at radius 2 is 0.363 bits per heavy atom. The van der Waals surface area contributed by atoms with Gasteiger partial charge in [0.1, 0.15) is 0 Å². The van der Waals surface area contributed by atoms with Gasteiger partial charge in [0.15, 0.2) is 0 Å². The Balaban J connectivity index is 0.000000104. The largest absolute Gasteiger partial charge is 0.308 e. The summed E-state index contributed by atoms with van der Waals surface area (Å²) in [7, 11) is 0. The normalized spacial score (nSPS) is 11.9. The van der Waals surface area contributed by atoms with Crippen molar-refractivity contribution in [2.24, 2.45) is 0 Å². The number of aryl methyl sites for hydroxylation is 2. The van der Waals surface area contributed by atoms with Crippen LogP contribution in [0.15, 0.2) is 479 Å². The van der Waals surface area contributed by atoms with Crippen molar-refractivity contribution in [3.8, 4) is 61.6 Å². The molecular weight excluding hydrogens is 1630 g/mol. The molecule has 0 radical (unpaired) electrons. The Hall–Kier alpha value is -17.5. The highest BCUT2D eigenvalue weighted by Gasteiger charge is 2.28. The van der Waals surface area contributed by atoms with E-state index in [9.17, 15) is 0 Å². The van der Waals surface area contributed by atoms with Crippen LogP contribution in [0, 0.1) is 13.8 Å². The van der Waals surface area contributed by atoms with Crippen LogP contribution in [-0.2, 0) is 0 Å². The smallest absolute Gasteiger partial charge is 0.0620 e. The Bertz CT molecular complexity index is 9650. The molecule has 3 aromatic heterocycles. The summed E-state index contributed by atoms with van der Waals surface area (Å²) in [5, 5.41) is 40.7. The van der Waals surface area contributed by atoms with E-state index in [4.69, 9.17) is 0 Å². The first kappa shape index (κ1) is 77.4. The molecule has 29 aromatic rings. The van der Waals surface area contributed by atoms with E-state index in [0.717, 1.165) is 0 Å². The molecule has 29 rings (SSSR count). The molecule has 0 aliphatic heterocycles. The number of hydrogen-bond donors (Lipinski definition) is 0. The van der Waals surface area contributed by atoms with E-state index < -0.39 is 0 Å². The Labute approximate surface area is 779 Å². The molecule has 0 saturated heterocycles. The van der Waals surface area contributed by atoms with Crippen LogP contribution in [-0.4, -0.2) is 13.7 Å². The predicted octanol–water partition coefficient (Wildman–Crippen LogP) is 36.6. The van der Waals surface area contributed by atoms with Gasteiger partial charge in [-0.15, -0.1) is 0 Å². The molecule has 0 N–H and O–H groups in total. The van der Waals surface area contributed by atoms with Gasteiger partial charge in [0, 0.05) is 91.9 Å². The van der Waals surface area contributed by atoms with Gasteiger partial charge in [0.2, 0.25) is 0 Å². The minimum atomic E-state index is 1.18. The third-order valence-electron chi connectivity index (χ3n) is 29.2. The first-order valence-electron chi connectivity index (χ1n) is 46.9. The Morgan fingerprint density at radius 3 is 0.741 bits per heavy atom. The van der Waals surface area contributed by atoms with Crippen molar-refractivity contribution in [3.05, 3.63) is 490 Å². The minimum absolute atomic E-state index is 1.18. The van der Waals surface area contributed by atoms with Gasteiger partial charge >= 0.3 is 0 Å². The van der Waals surface area contributed by atoms with Gasteiger partial charge in [-0.25, -0.2) is 0 Å². The molecule has 0 aliphatic carbocycles. The second-order valence-electron chi connectivity index (χ2n) is 36.3. The molecule has 3 nitrogen and oxygen atoms in total. The SMILES string of the molecule is Cc1c2ccccc2c(C)c2cc(-c3cccc(-n4c5c6ccccc6ccc5c5ccc6ccccc6c54)c3)ccc12.c1ccc(-c2c3ccccc3c(-n3c4c5ccccc5ccc4c4ccc5ccccc5c43)c3ccccc23)cc1.c1ccc2cc(-c3ccc(-c4c5ccccc5c(-n5c6c7ccccc7ccc6c6ccc7ccccc7c65)c5ccccc45)cc3)ccc2c1. The lowest BCUT2D eigenvalue weighted by Crippen LogP contribution is -2.00. The highest BCUT2D eigenvalue weighted by atomic mass is 15.0. The van der Waals surface area contributed by atoms with E-state index in [1.165, 1.54) is 278 Å². The summed E-state index contributed by atoms with van der Waals surface area (Å²) < 4.78 is 7.67. The summed E-state index contributed by atoms with van der Waals surface area (Å²) in [6.07, 6.45) is 0. The summed E-state index contributed by atoms with van der Waals surface area (Å²) in [6, 6.07) is 176. The number of hydrogen-bond acceptors (Lipinski definition) is 0. The van der Waals surface area contributed by atoms with Crippen molar-refractivity contribution in [2.75, 3.05) is 0 Å². The summed E-state index contributed by atoms with van der Waals surface area (Å²) in [5.74, 6) is 0. The standard InChI is InChI=1S/C50H31N.C42H29N.C40H25N/c1-2-14-37-31-38(26-23-32(37)11-1)33-21-24-36(25-22-33)47-41-17-7-9-19-43(41)50(44-20-10-8-18-42(44)47)51-48-39-15-5-3-12-34(39)27-29-45(48)46-30-28-35-13-4-6-16-40(35)49(46)51;1-26-33-14-7-8-15-34(33)27(2)40-25-31(20-21-35(26)40)30-12-9-13-32(24-30)43-41-36-16-5-3-10-28(36)18-22-38(41)39-23-19-29-11-4-6-17-37(29)42(39)43;1-2-14-28(15-3-1)37-31-18-8-10-20-33(31)40(34-21-11-9-19-32(34)37)41-38-29-16-6-4-12-26(29)22-24-35(38)36-25-23-27-13-5-7-17-30(27)39(36)41/h1-31H;3-25H,1-2H3;1-25H. The van der Waals surface area contributed by atoms with Crippen molar-refractivity contribution in [1.29, 1.82) is 0 Å². The van der Waals surface area contributed by atoms with E-state index in [-0.39, 0.29) is 0 Å². The van der Waals surface area contributed by atoms with E-state index in [0.29, 0.717) is 0 Å². The molecular formula is C132H85N3. The number of aromatic nitrogens is 3. The number of fused-ring (bicyclic) bond motifs is 28. The van der Waals surface area contributed by atoms with Crippen LogP contribution in [0.1, 0.15) is 11.1 Å². The maximum absolute atomic E-state index is 2.59. The van der Waals surface area contributed by atoms with Gasteiger partial charge in [-0.3, -0.25) is 0 Å². The molecule has 0 saturated carbocycles. The van der Waals surface area contributed by atoms with Gasteiger partial charge in [-0.1, -0.05) is 455 Å². The first-order chi connectivity index (χ1) is 66.9. The lowest BCUT2D eigenvalue weighted by molar-refractivity contribution is 1.19. The maximum Gasteiger partial charge on any atom is 0.0620 e. The summed E-state index contributed by atoms with van der Waals surface area (Å²) in [6.45, 7) is 4.51. The molecule has 26 aromatic carbocycles. The van der Waals surface area contributed by atoms with Gasteiger partial charge in [0.05, 0.1) is 44.5 Å². The summed E-state index contributed by atoms with van der Waals surface area (Å²) in [5.41, 5.74) is 23.8. The third kappa shape index (κ3) is 12.2. The van der Waals surface area contributed by atoms with Crippen LogP contribution >= 0.6 is 0 Å². The molecule has 3 heteroatoms. The second-order valence-corrected chi connectivity index (χ2v) is 36.3. The second kappa shape index (κ2) is 31.1. The molecule has 0 spiro atoms. The molecule has 3 heterocycles. The monoisotopic (exact) mass is 1710 g/mol. The first-order valence-corrected chi connectivity index (χ1v) is 46.9. The van der Waals surface area contributed by atoms with E-state index >= 15 is 0 Å². The highest BCUT2D eigenvalue weighted by molar-refractivity contribution is 6.31. The van der Waals surface area contributed by atoms with Gasteiger partial charge in [-0.05, 0) is 180 Å². The van der Waals surface area contributed by atoms with Crippen molar-refractivity contribution in [2.45, 2.75) is 13.8 Å². The van der Waals surface area contributed by atoms with E-state index in [1.807, 2.05) is 0 Å². The van der Waals surface area contributed by atoms with Crippen LogP contribution in [0.5, 0.6) is 0 Å². The molecule has 0 amide bonds. The van der Waals surface area contributed by atoms with Crippen LogP contribution in [0.2, 0.25) is 0 Å². The average Bonchev–Trinajstić information content (AvgIpc) is 0.940. The zero-order chi connectivity index (χ0) is 89.0. The van der Waals surface area contributed by atoms with Crippen molar-refractivity contribution in [3.63, 3.8) is 0 Å². The van der Waals surface area contributed by atoms with Crippen LogP contribution in [0.4, 0.5) is 0 Å². The Kier molecular flexibility index (Phi) is 17.8. The minimum Gasteiger partial charge on any atom is -0.308 e. The zero-order valence-electron chi connectivity index (χ0n) is 74.5. The fourth-order valence-corrected chi connectivity index (χ4v) is 23.1. The Morgan fingerprint density at radius 1 is 0.126 bits per heavy atom. The van der Waals surface area contributed by atoms with Gasteiger partial charge < -0.3 is 13.7 Å². The van der Waals surface area contributed by atoms with Crippen molar-refractivity contribution < 1.29 is 0 Å². The van der Waals surface area contributed by atoms with E-state index in [2.05, 4.69) is 507 Å².